The standard InChI is InChI=1S/C27H32O3/c1-5-22(17-23-15-19(2)27(28)20(3)16-23)11-12-26-25(13-14-29-26)21(4)18-30-24-9-7-6-8-10-24/h6-10,13,15-17,26,28H,4-5,11-12,14,18H2,1-3H3/b22-17+. The number of para-hydroxylation sites is 1. The van der Waals surface area contributed by atoms with Crippen molar-refractivity contribution in [2.24, 2.45) is 0 Å². The summed E-state index contributed by atoms with van der Waals surface area (Å²) in [6, 6.07) is 13.9. The first-order valence-electron chi connectivity index (χ1n) is 10.6. The van der Waals surface area contributed by atoms with Gasteiger partial charge in [-0.2, -0.15) is 0 Å². The lowest BCUT2D eigenvalue weighted by Crippen LogP contribution is -2.14. The molecule has 0 saturated carbocycles. The van der Waals surface area contributed by atoms with Crippen molar-refractivity contribution in [3.8, 4) is 11.5 Å². The Balaban J connectivity index is 1.59. The molecule has 2 aromatic rings. The van der Waals surface area contributed by atoms with Crippen molar-refractivity contribution >= 4 is 6.08 Å². The Kier molecular flexibility index (Phi) is 7.53. The van der Waals surface area contributed by atoms with Crippen LogP contribution >= 0.6 is 0 Å². The first-order chi connectivity index (χ1) is 14.5. The Labute approximate surface area is 180 Å². The summed E-state index contributed by atoms with van der Waals surface area (Å²) in [6.45, 7) is 11.4. The molecule has 0 radical (unpaired) electrons. The number of allylic oxidation sites excluding steroid dienone is 1. The van der Waals surface area contributed by atoms with Crippen LogP contribution in [0.2, 0.25) is 0 Å². The quantitative estimate of drug-likeness (QED) is 0.515. The van der Waals surface area contributed by atoms with Crippen LogP contribution in [0.15, 0.2) is 71.8 Å². The average Bonchev–Trinajstić information content (AvgIpc) is 3.22. The molecule has 0 fully saturated rings. The number of aromatic hydroxyl groups is 1. The minimum absolute atomic E-state index is 0.0649. The van der Waals surface area contributed by atoms with Crippen molar-refractivity contribution in [1.29, 1.82) is 0 Å². The Morgan fingerprint density at radius 2 is 1.90 bits per heavy atom. The summed E-state index contributed by atoms with van der Waals surface area (Å²) in [4.78, 5) is 0. The number of hydrogen-bond donors (Lipinski definition) is 1. The first kappa shape index (κ1) is 21.9. The Morgan fingerprint density at radius 3 is 2.57 bits per heavy atom. The fourth-order valence-electron chi connectivity index (χ4n) is 3.83. The van der Waals surface area contributed by atoms with Gasteiger partial charge in [0.05, 0.1) is 12.7 Å². The van der Waals surface area contributed by atoms with Gasteiger partial charge >= 0.3 is 0 Å². The molecular formula is C27H32O3. The zero-order chi connectivity index (χ0) is 21.5. The third kappa shape index (κ3) is 5.64. The third-order valence-electron chi connectivity index (χ3n) is 5.58. The van der Waals surface area contributed by atoms with E-state index in [-0.39, 0.29) is 6.10 Å². The molecule has 158 valence electrons. The highest BCUT2D eigenvalue weighted by atomic mass is 16.5. The van der Waals surface area contributed by atoms with Gasteiger partial charge in [0.15, 0.2) is 0 Å². The van der Waals surface area contributed by atoms with Crippen molar-refractivity contribution < 1.29 is 14.6 Å². The molecule has 1 unspecified atom stereocenters. The second kappa shape index (κ2) is 10.3. The van der Waals surface area contributed by atoms with Crippen molar-refractivity contribution in [3.05, 3.63) is 88.5 Å². The van der Waals surface area contributed by atoms with Gasteiger partial charge in [0, 0.05) is 0 Å². The van der Waals surface area contributed by atoms with E-state index in [1.807, 2.05) is 56.3 Å². The molecule has 2 aromatic carbocycles. The van der Waals surface area contributed by atoms with E-state index in [9.17, 15) is 5.11 Å². The predicted octanol–water partition coefficient (Wildman–Crippen LogP) is 6.54. The second-order valence-corrected chi connectivity index (χ2v) is 7.88. The predicted molar refractivity (Wildman–Crippen MR) is 124 cm³/mol. The maximum atomic E-state index is 10.0. The Morgan fingerprint density at radius 1 is 1.20 bits per heavy atom. The van der Waals surface area contributed by atoms with Crippen molar-refractivity contribution in [2.75, 3.05) is 13.2 Å². The van der Waals surface area contributed by atoms with Gasteiger partial charge in [-0.3, -0.25) is 0 Å². The lowest BCUT2D eigenvalue weighted by atomic mass is 9.95. The van der Waals surface area contributed by atoms with E-state index in [0.717, 1.165) is 52.8 Å². The fraction of sp³-hybridized carbons (Fsp3) is 0.333. The molecule has 1 atom stereocenters. The lowest BCUT2D eigenvalue weighted by Gasteiger charge is -2.18. The summed E-state index contributed by atoms with van der Waals surface area (Å²) in [6.07, 6.45) is 7.31. The van der Waals surface area contributed by atoms with E-state index in [1.54, 1.807) is 0 Å². The van der Waals surface area contributed by atoms with Crippen LogP contribution in [0.5, 0.6) is 11.5 Å². The monoisotopic (exact) mass is 404 g/mol. The van der Waals surface area contributed by atoms with Gasteiger partial charge in [-0.15, -0.1) is 0 Å². The van der Waals surface area contributed by atoms with Crippen LogP contribution in [0.1, 0.15) is 42.9 Å². The smallest absolute Gasteiger partial charge is 0.121 e. The molecule has 0 amide bonds. The van der Waals surface area contributed by atoms with Crippen LogP contribution in [-0.4, -0.2) is 24.4 Å². The topological polar surface area (TPSA) is 38.7 Å². The minimum atomic E-state index is 0.0649. The molecule has 0 aliphatic carbocycles. The zero-order valence-electron chi connectivity index (χ0n) is 18.3. The van der Waals surface area contributed by atoms with Crippen LogP contribution in [0.4, 0.5) is 0 Å². The van der Waals surface area contributed by atoms with Crippen molar-refractivity contribution in [2.45, 2.75) is 46.1 Å². The van der Waals surface area contributed by atoms with Crippen LogP contribution in [0.25, 0.3) is 6.08 Å². The van der Waals surface area contributed by atoms with Gasteiger partial charge in [0.1, 0.15) is 18.1 Å². The molecule has 1 aliphatic heterocycles. The van der Waals surface area contributed by atoms with E-state index < -0.39 is 0 Å². The molecule has 0 saturated heterocycles. The van der Waals surface area contributed by atoms with E-state index in [2.05, 4.69) is 25.7 Å². The first-order valence-corrected chi connectivity index (χ1v) is 10.6. The molecule has 0 spiro atoms. The normalized spacial score (nSPS) is 16.4. The van der Waals surface area contributed by atoms with Crippen LogP contribution in [0.3, 0.4) is 0 Å². The SMILES string of the molecule is C=C(COc1ccccc1)C1=CCOC1CC/C(=C/c1cc(C)c(O)c(C)c1)CC. The van der Waals surface area contributed by atoms with E-state index in [0.29, 0.717) is 19.0 Å². The summed E-state index contributed by atoms with van der Waals surface area (Å²) in [5.74, 6) is 1.24. The molecule has 0 bridgehead atoms. The lowest BCUT2D eigenvalue weighted by molar-refractivity contribution is 0.116. The number of phenolic OH excluding ortho intramolecular Hbond substituents is 1. The second-order valence-electron chi connectivity index (χ2n) is 7.88. The maximum Gasteiger partial charge on any atom is 0.121 e. The molecule has 1 aliphatic rings. The van der Waals surface area contributed by atoms with Gasteiger partial charge in [0.2, 0.25) is 0 Å². The zero-order valence-corrected chi connectivity index (χ0v) is 18.3. The van der Waals surface area contributed by atoms with Crippen LogP contribution in [0, 0.1) is 13.8 Å². The van der Waals surface area contributed by atoms with Gasteiger partial charge in [-0.05, 0) is 85.2 Å². The van der Waals surface area contributed by atoms with Crippen LogP contribution < -0.4 is 4.74 Å². The van der Waals surface area contributed by atoms with Gasteiger partial charge in [-0.1, -0.05) is 49.4 Å². The highest BCUT2D eigenvalue weighted by Gasteiger charge is 2.22. The van der Waals surface area contributed by atoms with Crippen LogP contribution in [-0.2, 0) is 4.74 Å². The van der Waals surface area contributed by atoms with Crippen molar-refractivity contribution in [1.82, 2.24) is 0 Å². The Hall–Kier alpha value is -2.78. The molecule has 1 N–H and O–H groups in total. The molecular weight excluding hydrogens is 372 g/mol. The number of benzene rings is 2. The Bertz CT molecular complexity index is 915. The van der Waals surface area contributed by atoms with E-state index in [4.69, 9.17) is 9.47 Å². The van der Waals surface area contributed by atoms with Gasteiger partial charge < -0.3 is 14.6 Å². The average molecular weight is 405 g/mol. The molecule has 1 heterocycles. The third-order valence-corrected chi connectivity index (χ3v) is 5.58. The number of ether oxygens (including phenoxy) is 2. The number of phenols is 1. The summed E-state index contributed by atoms with van der Waals surface area (Å²) >= 11 is 0. The summed E-state index contributed by atoms with van der Waals surface area (Å²) in [5.41, 5.74) is 6.49. The van der Waals surface area contributed by atoms with E-state index >= 15 is 0 Å². The molecule has 3 nitrogen and oxygen atoms in total. The molecule has 30 heavy (non-hydrogen) atoms. The van der Waals surface area contributed by atoms with Gasteiger partial charge in [-0.25, -0.2) is 0 Å². The van der Waals surface area contributed by atoms with E-state index in [1.165, 1.54) is 5.57 Å². The molecule has 3 rings (SSSR count). The highest BCUT2D eigenvalue weighted by molar-refractivity contribution is 5.58. The number of rotatable bonds is 9. The fourth-order valence-corrected chi connectivity index (χ4v) is 3.83. The highest BCUT2D eigenvalue weighted by Crippen LogP contribution is 2.29. The van der Waals surface area contributed by atoms with Crippen molar-refractivity contribution in [3.63, 3.8) is 0 Å². The van der Waals surface area contributed by atoms with Gasteiger partial charge in [0.25, 0.3) is 0 Å². The number of hydrogen-bond acceptors (Lipinski definition) is 3. The summed E-state index contributed by atoms with van der Waals surface area (Å²) in [7, 11) is 0. The number of aryl methyl sites for hydroxylation is 2. The molecule has 3 heteroatoms. The minimum Gasteiger partial charge on any atom is -0.507 e. The molecule has 0 aromatic heterocycles. The summed E-state index contributed by atoms with van der Waals surface area (Å²) in [5, 5.41) is 10.0. The largest absolute Gasteiger partial charge is 0.507 e. The summed E-state index contributed by atoms with van der Waals surface area (Å²) < 4.78 is 11.8. The maximum absolute atomic E-state index is 10.0.